The summed E-state index contributed by atoms with van der Waals surface area (Å²) < 4.78 is 5.65. The van der Waals surface area contributed by atoms with Gasteiger partial charge in [0.05, 0.1) is 4.92 Å². The first-order valence-corrected chi connectivity index (χ1v) is 8.34. The fourth-order valence-electron chi connectivity index (χ4n) is 2.96. The van der Waals surface area contributed by atoms with Crippen LogP contribution in [0, 0.1) is 21.4 Å². The van der Waals surface area contributed by atoms with E-state index >= 15 is 0 Å². The smallest absolute Gasteiger partial charge is 0.269 e. The summed E-state index contributed by atoms with van der Waals surface area (Å²) in [6.07, 6.45) is 5.46. The summed E-state index contributed by atoms with van der Waals surface area (Å²) in [6.45, 7) is 0. The molecule has 1 aromatic heterocycles. The lowest BCUT2D eigenvalue weighted by Crippen LogP contribution is -2.33. The highest BCUT2D eigenvalue weighted by Crippen LogP contribution is 2.25. The molecule has 26 heavy (non-hydrogen) atoms. The lowest BCUT2D eigenvalue weighted by Gasteiger charge is -2.10. The molecule has 1 saturated carbocycles. The first-order chi connectivity index (χ1) is 12.6. The Kier molecular flexibility index (Phi) is 5.13. The summed E-state index contributed by atoms with van der Waals surface area (Å²) in [7, 11) is 0. The Morgan fingerprint density at radius 1 is 1.23 bits per heavy atom. The number of nitro benzene ring substituents is 1. The van der Waals surface area contributed by atoms with Crippen LogP contribution in [0.15, 0.2) is 46.4 Å². The SMILES string of the molecule is N#CC(=Cc1ccc(-c2ccc([N+](=O)[O-])cc2)o1)C(=O)NC1CCCC1. The molecule has 0 bridgehead atoms. The van der Waals surface area contributed by atoms with E-state index in [-0.39, 0.29) is 17.3 Å². The average molecular weight is 351 g/mol. The van der Waals surface area contributed by atoms with Gasteiger partial charge < -0.3 is 9.73 Å². The van der Waals surface area contributed by atoms with Crippen LogP contribution >= 0.6 is 0 Å². The van der Waals surface area contributed by atoms with Crippen molar-refractivity contribution in [2.24, 2.45) is 0 Å². The van der Waals surface area contributed by atoms with E-state index in [9.17, 15) is 20.2 Å². The van der Waals surface area contributed by atoms with Crippen LogP contribution in [0.5, 0.6) is 0 Å². The van der Waals surface area contributed by atoms with Gasteiger partial charge in [0.1, 0.15) is 23.2 Å². The quantitative estimate of drug-likeness (QED) is 0.381. The topological polar surface area (TPSA) is 109 Å². The molecule has 0 aliphatic heterocycles. The maximum Gasteiger partial charge on any atom is 0.269 e. The van der Waals surface area contributed by atoms with E-state index < -0.39 is 10.8 Å². The van der Waals surface area contributed by atoms with Gasteiger partial charge in [-0.3, -0.25) is 14.9 Å². The van der Waals surface area contributed by atoms with Crippen molar-refractivity contribution in [1.82, 2.24) is 5.32 Å². The number of nitro groups is 1. The number of non-ortho nitro benzene ring substituents is 1. The molecule has 0 atom stereocenters. The van der Waals surface area contributed by atoms with Crippen LogP contribution in [0.2, 0.25) is 0 Å². The summed E-state index contributed by atoms with van der Waals surface area (Å²) in [4.78, 5) is 22.4. The first kappa shape index (κ1) is 17.4. The second-order valence-corrected chi connectivity index (χ2v) is 6.13. The monoisotopic (exact) mass is 351 g/mol. The van der Waals surface area contributed by atoms with Gasteiger partial charge in [-0.05, 0) is 37.1 Å². The second-order valence-electron chi connectivity index (χ2n) is 6.13. The molecule has 1 fully saturated rings. The van der Waals surface area contributed by atoms with Crippen molar-refractivity contribution in [3.8, 4) is 17.4 Å². The third-order valence-electron chi connectivity index (χ3n) is 4.33. The Hall–Kier alpha value is -3.40. The van der Waals surface area contributed by atoms with Gasteiger partial charge in [0.2, 0.25) is 0 Å². The van der Waals surface area contributed by atoms with Gasteiger partial charge in [0.25, 0.3) is 11.6 Å². The Bertz CT molecular complexity index is 884. The number of nitrogens with one attached hydrogen (secondary N) is 1. The lowest BCUT2D eigenvalue weighted by molar-refractivity contribution is -0.384. The van der Waals surface area contributed by atoms with E-state index in [0.717, 1.165) is 25.7 Å². The first-order valence-electron chi connectivity index (χ1n) is 8.34. The van der Waals surface area contributed by atoms with Crippen molar-refractivity contribution in [3.05, 3.63) is 57.8 Å². The van der Waals surface area contributed by atoms with E-state index in [2.05, 4.69) is 5.32 Å². The van der Waals surface area contributed by atoms with Crippen molar-refractivity contribution in [1.29, 1.82) is 5.26 Å². The van der Waals surface area contributed by atoms with Gasteiger partial charge in [0, 0.05) is 29.8 Å². The molecule has 1 aliphatic rings. The molecule has 0 saturated heterocycles. The Morgan fingerprint density at radius 3 is 2.54 bits per heavy atom. The predicted molar refractivity (Wildman–Crippen MR) is 94.8 cm³/mol. The van der Waals surface area contributed by atoms with Crippen molar-refractivity contribution in [2.75, 3.05) is 0 Å². The minimum Gasteiger partial charge on any atom is -0.457 e. The van der Waals surface area contributed by atoms with Gasteiger partial charge in [0.15, 0.2) is 0 Å². The molecule has 7 nitrogen and oxygen atoms in total. The summed E-state index contributed by atoms with van der Waals surface area (Å²) >= 11 is 0. The zero-order chi connectivity index (χ0) is 18.5. The highest BCUT2D eigenvalue weighted by atomic mass is 16.6. The number of nitriles is 1. The van der Waals surface area contributed by atoms with Gasteiger partial charge in [-0.2, -0.15) is 5.26 Å². The highest BCUT2D eigenvalue weighted by molar-refractivity contribution is 6.01. The Balaban J connectivity index is 1.75. The molecule has 1 aliphatic carbocycles. The molecule has 0 radical (unpaired) electrons. The van der Waals surface area contributed by atoms with E-state index in [1.807, 2.05) is 6.07 Å². The molecule has 1 amide bonds. The standard InChI is InChI=1S/C19H17N3O4/c20-12-14(19(23)21-15-3-1-2-4-15)11-17-9-10-18(26-17)13-5-7-16(8-6-13)22(24)25/h5-11,15H,1-4H2,(H,21,23). The third kappa shape index (κ3) is 3.98. The normalized spacial score (nSPS) is 14.8. The predicted octanol–water partition coefficient (Wildman–Crippen LogP) is 3.82. The van der Waals surface area contributed by atoms with Crippen molar-refractivity contribution in [3.63, 3.8) is 0 Å². The van der Waals surface area contributed by atoms with Crippen LogP contribution in [-0.4, -0.2) is 16.9 Å². The Labute approximate surface area is 150 Å². The largest absolute Gasteiger partial charge is 0.457 e. The zero-order valence-corrected chi connectivity index (χ0v) is 14.0. The van der Waals surface area contributed by atoms with Crippen LogP contribution in [0.3, 0.4) is 0 Å². The molecule has 0 unspecified atom stereocenters. The maximum atomic E-state index is 12.2. The summed E-state index contributed by atoms with van der Waals surface area (Å²) in [6, 6.07) is 11.3. The van der Waals surface area contributed by atoms with Crippen molar-refractivity contribution >= 4 is 17.7 Å². The fourth-order valence-corrected chi connectivity index (χ4v) is 2.96. The number of nitrogens with zero attached hydrogens (tertiary/aromatic N) is 2. The molecule has 0 spiro atoms. The van der Waals surface area contributed by atoms with E-state index in [4.69, 9.17) is 4.42 Å². The van der Waals surface area contributed by atoms with Gasteiger partial charge in [-0.25, -0.2) is 0 Å². The van der Waals surface area contributed by atoms with Crippen molar-refractivity contribution < 1.29 is 14.1 Å². The van der Waals surface area contributed by atoms with Crippen LogP contribution in [-0.2, 0) is 4.79 Å². The number of rotatable bonds is 5. The highest BCUT2D eigenvalue weighted by Gasteiger charge is 2.19. The van der Waals surface area contributed by atoms with Crippen molar-refractivity contribution in [2.45, 2.75) is 31.7 Å². The number of carbonyl (C=O) groups excluding carboxylic acids is 1. The van der Waals surface area contributed by atoms with Crippen LogP contribution in [0.4, 0.5) is 5.69 Å². The minimum atomic E-state index is -0.470. The number of furan rings is 1. The zero-order valence-electron chi connectivity index (χ0n) is 14.0. The Morgan fingerprint density at radius 2 is 1.92 bits per heavy atom. The number of hydrogen-bond donors (Lipinski definition) is 1. The lowest BCUT2D eigenvalue weighted by atomic mass is 10.1. The van der Waals surface area contributed by atoms with Gasteiger partial charge >= 0.3 is 0 Å². The summed E-state index contributed by atoms with van der Waals surface area (Å²) in [5.74, 6) is 0.476. The molecular weight excluding hydrogens is 334 g/mol. The van der Waals surface area contributed by atoms with Crippen LogP contribution in [0.25, 0.3) is 17.4 Å². The number of hydrogen-bond acceptors (Lipinski definition) is 5. The van der Waals surface area contributed by atoms with Gasteiger partial charge in [-0.1, -0.05) is 12.8 Å². The second kappa shape index (κ2) is 7.66. The molecule has 7 heteroatoms. The number of benzene rings is 1. The molecule has 3 rings (SSSR count). The fraction of sp³-hybridized carbons (Fsp3) is 0.263. The minimum absolute atomic E-state index is 0.00391. The molecule has 2 aromatic rings. The molecule has 1 aromatic carbocycles. The van der Waals surface area contributed by atoms with Crippen LogP contribution in [0.1, 0.15) is 31.4 Å². The molecule has 1 heterocycles. The maximum absolute atomic E-state index is 12.2. The average Bonchev–Trinajstić information content (AvgIpc) is 3.31. The number of carbonyl (C=O) groups is 1. The molecule has 132 valence electrons. The summed E-state index contributed by atoms with van der Waals surface area (Å²) in [5.41, 5.74) is 0.654. The summed E-state index contributed by atoms with van der Waals surface area (Å²) in [5, 5.41) is 22.8. The third-order valence-corrected chi connectivity index (χ3v) is 4.33. The van der Waals surface area contributed by atoms with E-state index in [0.29, 0.717) is 17.1 Å². The van der Waals surface area contributed by atoms with E-state index in [1.54, 1.807) is 24.3 Å². The van der Waals surface area contributed by atoms with Gasteiger partial charge in [-0.15, -0.1) is 0 Å². The van der Waals surface area contributed by atoms with Crippen LogP contribution < -0.4 is 5.32 Å². The molecule has 1 N–H and O–H groups in total. The number of amides is 1. The van der Waals surface area contributed by atoms with E-state index in [1.165, 1.54) is 18.2 Å². The molecular formula is C19H17N3O4.